The van der Waals surface area contributed by atoms with E-state index >= 15 is 0 Å². The fraction of sp³-hybridized carbons (Fsp3) is 0.190. The summed E-state index contributed by atoms with van der Waals surface area (Å²) in [4.78, 5) is 31.8. The third-order valence-electron chi connectivity index (χ3n) is 5.16. The summed E-state index contributed by atoms with van der Waals surface area (Å²) in [5, 5.41) is 11.0. The number of benzene rings is 1. The zero-order valence-corrected chi connectivity index (χ0v) is 16.8. The lowest BCUT2D eigenvalue weighted by Gasteiger charge is -2.09. The fourth-order valence-corrected chi connectivity index (χ4v) is 4.54. The molecule has 146 valence electrons. The molecular formula is C21H19N5O2S. The molecule has 7 nitrogen and oxygen atoms in total. The first-order valence-corrected chi connectivity index (χ1v) is 10.2. The molecule has 5 rings (SSSR count). The summed E-state index contributed by atoms with van der Waals surface area (Å²) in [6, 6.07) is 9.77. The van der Waals surface area contributed by atoms with E-state index in [1.165, 1.54) is 0 Å². The second-order valence-electron chi connectivity index (χ2n) is 7.29. The average Bonchev–Trinajstić information content (AvgIpc) is 3.43. The van der Waals surface area contributed by atoms with Crippen LogP contribution in [0.15, 0.2) is 41.9 Å². The third kappa shape index (κ3) is 2.80. The highest BCUT2D eigenvalue weighted by Crippen LogP contribution is 2.38. The summed E-state index contributed by atoms with van der Waals surface area (Å²) >= 11 is 1.56. The third-order valence-corrected chi connectivity index (χ3v) is 6.00. The maximum Gasteiger partial charge on any atom is 0.261 e. The summed E-state index contributed by atoms with van der Waals surface area (Å²) in [6.45, 7) is 1.50. The van der Waals surface area contributed by atoms with Crippen LogP contribution in [0.25, 0.3) is 32.3 Å². The Morgan fingerprint density at radius 3 is 2.69 bits per heavy atom. The van der Waals surface area contributed by atoms with Crippen LogP contribution in [-0.2, 0) is 16.1 Å². The molecule has 0 radical (unpaired) electrons. The Morgan fingerprint density at radius 1 is 1.07 bits per heavy atom. The highest BCUT2D eigenvalue weighted by Gasteiger charge is 2.36. The zero-order valence-electron chi connectivity index (χ0n) is 16.0. The van der Waals surface area contributed by atoms with Crippen LogP contribution in [-0.4, -0.2) is 52.1 Å². The van der Waals surface area contributed by atoms with Gasteiger partial charge in [-0.25, -0.2) is 0 Å². The predicted molar refractivity (Wildman–Crippen MR) is 114 cm³/mol. The SMILES string of the molecule is CN(C)CCn1nc(C2=C(c3c[nH]c4sccc34)C(=O)NC2=O)c2ccccc21. The number of nitrogens with one attached hydrogen (secondary N) is 2. The van der Waals surface area contributed by atoms with Gasteiger partial charge in [-0.3, -0.25) is 19.6 Å². The largest absolute Gasteiger partial charge is 0.352 e. The number of fused-ring (bicyclic) bond motifs is 2. The minimum Gasteiger partial charge on any atom is -0.352 e. The molecule has 1 aliphatic rings. The molecule has 0 atom stereocenters. The zero-order chi connectivity index (χ0) is 20.1. The molecule has 0 aliphatic carbocycles. The van der Waals surface area contributed by atoms with Gasteiger partial charge in [0.05, 0.1) is 23.2 Å². The Kier molecular flexibility index (Phi) is 4.11. The van der Waals surface area contributed by atoms with Gasteiger partial charge < -0.3 is 9.88 Å². The van der Waals surface area contributed by atoms with Crippen LogP contribution < -0.4 is 5.32 Å². The van der Waals surface area contributed by atoms with Crippen molar-refractivity contribution in [3.05, 3.63) is 53.2 Å². The van der Waals surface area contributed by atoms with Crippen molar-refractivity contribution in [2.45, 2.75) is 6.54 Å². The van der Waals surface area contributed by atoms with Gasteiger partial charge in [0.1, 0.15) is 10.5 Å². The van der Waals surface area contributed by atoms with Gasteiger partial charge in [-0.1, -0.05) is 18.2 Å². The van der Waals surface area contributed by atoms with E-state index in [1.807, 2.05) is 54.5 Å². The van der Waals surface area contributed by atoms with E-state index in [9.17, 15) is 9.59 Å². The first kappa shape index (κ1) is 17.8. The minimum absolute atomic E-state index is 0.335. The van der Waals surface area contributed by atoms with Crippen molar-refractivity contribution >= 4 is 55.4 Å². The van der Waals surface area contributed by atoms with Gasteiger partial charge in [-0.05, 0) is 31.6 Å². The van der Waals surface area contributed by atoms with E-state index in [-0.39, 0.29) is 5.91 Å². The number of aromatic nitrogens is 3. The number of hydrogen-bond donors (Lipinski definition) is 2. The first-order valence-electron chi connectivity index (χ1n) is 9.30. The molecule has 0 fully saturated rings. The molecular weight excluding hydrogens is 386 g/mol. The number of H-pyrrole nitrogens is 1. The van der Waals surface area contributed by atoms with Crippen molar-refractivity contribution in [3.8, 4) is 0 Å². The number of likely N-dealkylation sites (N-methyl/N-ethyl adjacent to an activating group) is 1. The van der Waals surface area contributed by atoms with E-state index in [4.69, 9.17) is 5.10 Å². The molecule has 29 heavy (non-hydrogen) atoms. The lowest BCUT2D eigenvalue weighted by molar-refractivity contribution is -0.122. The molecule has 1 aliphatic heterocycles. The van der Waals surface area contributed by atoms with Gasteiger partial charge in [0.2, 0.25) is 0 Å². The molecule has 8 heteroatoms. The molecule has 1 aromatic carbocycles. The number of rotatable bonds is 5. The van der Waals surface area contributed by atoms with Crippen LogP contribution in [0.5, 0.6) is 0 Å². The van der Waals surface area contributed by atoms with Crippen LogP contribution >= 0.6 is 11.3 Å². The van der Waals surface area contributed by atoms with Gasteiger partial charge in [0.15, 0.2) is 0 Å². The van der Waals surface area contributed by atoms with Gasteiger partial charge >= 0.3 is 0 Å². The summed E-state index contributed by atoms with van der Waals surface area (Å²) in [6.07, 6.45) is 1.79. The number of carbonyl (C=O) groups is 2. The number of aromatic amines is 1. The van der Waals surface area contributed by atoms with Crippen molar-refractivity contribution in [1.29, 1.82) is 0 Å². The predicted octanol–water partition coefficient (Wildman–Crippen LogP) is 2.71. The molecule has 2 amide bonds. The minimum atomic E-state index is -0.405. The number of carbonyl (C=O) groups excluding carboxylic acids is 2. The average molecular weight is 405 g/mol. The molecule has 3 aromatic heterocycles. The fourth-order valence-electron chi connectivity index (χ4n) is 3.77. The van der Waals surface area contributed by atoms with Crippen molar-refractivity contribution < 1.29 is 9.59 Å². The maximum absolute atomic E-state index is 12.8. The van der Waals surface area contributed by atoms with Gasteiger partial charge in [-0.15, -0.1) is 11.3 Å². The molecule has 0 saturated heterocycles. The van der Waals surface area contributed by atoms with Crippen molar-refractivity contribution in [3.63, 3.8) is 0 Å². The van der Waals surface area contributed by atoms with Crippen LogP contribution in [0.4, 0.5) is 0 Å². The number of para-hydroxylation sites is 1. The van der Waals surface area contributed by atoms with Gasteiger partial charge in [0, 0.05) is 29.1 Å². The van der Waals surface area contributed by atoms with Crippen molar-refractivity contribution in [1.82, 2.24) is 25.0 Å². The Balaban J connectivity index is 1.75. The summed E-state index contributed by atoms with van der Waals surface area (Å²) in [7, 11) is 4.02. The van der Waals surface area contributed by atoms with E-state index in [0.29, 0.717) is 23.4 Å². The Labute approximate surface area is 170 Å². The number of amides is 2. The van der Waals surface area contributed by atoms with E-state index in [0.717, 1.165) is 33.2 Å². The van der Waals surface area contributed by atoms with Crippen LogP contribution in [0, 0.1) is 0 Å². The molecule has 0 saturated carbocycles. The number of hydrogen-bond acceptors (Lipinski definition) is 5. The first-order chi connectivity index (χ1) is 14.0. The van der Waals surface area contributed by atoms with Crippen molar-refractivity contribution in [2.75, 3.05) is 20.6 Å². The molecule has 0 spiro atoms. The molecule has 4 aromatic rings. The Bertz CT molecular complexity index is 1310. The van der Waals surface area contributed by atoms with Crippen LogP contribution in [0.1, 0.15) is 11.3 Å². The molecule has 0 bridgehead atoms. The van der Waals surface area contributed by atoms with Crippen LogP contribution in [0.3, 0.4) is 0 Å². The van der Waals surface area contributed by atoms with Crippen molar-refractivity contribution in [2.24, 2.45) is 0 Å². The summed E-state index contributed by atoms with van der Waals surface area (Å²) in [5.41, 5.74) is 2.93. The second kappa shape index (κ2) is 6.68. The summed E-state index contributed by atoms with van der Waals surface area (Å²) < 4.78 is 1.91. The second-order valence-corrected chi connectivity index (χ2v) is 8.21. The van der Waals surface area contributed by atoms with E-state index in [2.05, 4.69) is 15.2 Å². The number of nitrogens with zero attached hydrogens (tertiary/aromatic N) is 3. The number of thiophene rings is 1. The van der Waals surface area contributed by atoms with Crippen LogP contribution in [0.2, 0.25) is 0 Å². The topological polar surface area (TPSA) is 83.0 Å². The normalized spacial score (nSPS) is 14.7. The van der Waals surface area contributed by atoms with Gasteiger partial charge in [-0.2, -0.15) is 5.10 Å². The Morgan fingerprint density at radius 2 is 1.86 bits per heavy atom. The maximum atomic E-state index is 12.8. The smallest absolute Gasteiger partial charge is 0.261 e. The van der Waals surface area contributed by atoms with E-state index in [1.54, 1.807) is 17.5 Å². The molecule has 4 heterocycles. The van der Waals surface area contributed by atoms with E-state index < -0.39 is 5.91 Å². The lowest BCUT2D eigenvalue weighted by atomic mass is 9.98. The standard InChI is InChI=1S/C21H19N5O2S/c1-25(2)8-9-26-15-6-4-3-5-13(15)18(24-26)17-16(19(27)23-20(17)28)14-11-22-21-12(14)7-10-29-21/h3-7,10-11,22H,8-9H2,1-2H3,(H,23,27,28). The van der Waals surface area contributed by atoms with Gasteiger partial charge in [0.25, 0.3) is 11.8 Å². The summed E-state index contributed by atoms with van der Waals surface area (Å²) in [5.74, 6) is -0.790. The number of imide groups is 1. The lowest BCUT2D eigenvalue weighted by Crippen LogP contribution is -2.23. The monoisotopic (exact) mass is 405 g/mol. The highest BCUT2D eigenvalue weighted by atomic mass is 32.1. The molecule has 2 N–H and O–H groups in total. The quantitative estimate of drug-likeness (QED) is 0.500. The molecule has 0 unspecified atom stereocenters. The highest BCUT2D eigenvalue weighted by molar-refractivity contribution is 7.16. The Hall–Kier alpha value is -3.23.